The van der Waals surface area contributed by atoms with Crippen LogP contribution in [0.5, 0.6) is 11.5 Å². The molecule has 0 aliphatic rings. The zero-order valence-electron chi connectivity index (χ0n) is 13.3. The van der Waals surface area contributed by atoms with Gasteiger partial charge in [0, 0.05) is 17.8 Å². The second-order valence-corrected chi connectivity index (χ2v) is 5.10. The third-order valence-corrected chi connectivity index (χ3v) is 2.66. The molecule has 1 amide bonds. The van der Waals surface area contributed by atoms with E-state index in [9.17, 15) is 4.79 Å². The lowest BCUT2D eigenvalue weighted by molar-refractivity contribution is 0.0977. The average molecular weight is 322 g/mol. The Morgan fingerprint density at radius 3 is 2.18 bits per heavy atom. The summed E-state index contributed by atoms with van der Waals surface area (Å²) >= 11 is 4.14. The molecule has 0 saturated heterocycles. The van der Waals surface area contributed by atoms with Crippen LogP contribution >= 0.6 is 12.6 Å². The van der Waals surface area contributed by atoms with Gasteiger partial charge in [-0.2, -0.15) is 0 Å². The highest BCUT2D eigenvalue weighted by molar-refractivity contribution is 7.96. The lowest BCUT2D eigenvalue weighted by atomic mass is 10.2. The van der Waals surface area contributed by atoms with Crippen molar-refractivity contribution in [2.75, 3.05) is 13.2 Å². The van der Waals surface area contributed by atoms with E-state index in [1.54, 1.807) is 24.4 Å². The molecule has 1 aromatic rings. The Bertz CT molecular complexity index is 555. The van der Waals surface area contributed by atoms with Gasteiger partial charge in [0.25, 0.3) is 5.91 Å². The number of benzene rings is 1. The first-order valence-electron chi connectivity index (χ1n) is 7.08. The van der Waals surface area contributed by atoms with Gasteiger partial charge in [0.1, 0.15) is 11.5 Å². The number of hydrogen-bond donors (Lipinski definition) is 2. The second kappa shape index (κ2) is 9.15. The van der Waals surface area contributed by atoms with Crippen LogP contribution in [0.25, 0.3) is 0 Å². The Morgan fingerprint density at radius 2 is 1.73 bits per heavy atom. The summed E-state index contributed by atoms with van der Waals surface area (Å²) in [5, 5.41) is 2.84. The molecule has 6 heteroatoms. The molecule has 0 unspecified atom stereocenters. The van der Waals surface area contributed by atoms with Gasteiger partial charge in [-0.25, -0.2) is 4.99 Å². The van der Waals surface area contributed by atoms with Gasteiger partial charge in [-0.3, -0.25) is 4.79 Å². The van der Waals surface area contributed by atoms with Crippen LogP contribution in [0.4, 0.5) is 0 Å². The third-order valence-electron chi connectivity index (χ3n) is 2.43. The van der Waals surface area contributed by atoms with Crippen LogP contribution in [0.3, 0.4) is 0 Å². The number of rotatable bonds is 6. The van der Waals surface area contributed by atoms with Gasteiger partial charge in [-0.15, -0.1) is 12.6 Å². The van der Waals surface area contributed by atoms with Crippen LogP contribution in [-0.2, 0) is 0 Å². The minimum absolute atomic E-state index is 0.228. The van der Waals surface area contributed by atoms with Crippen molar-refractivity contribution in [2.45, 2.75) is 27.7 Å². The predicted octanol–water partition coefficient (Wildman–Crippen LogP) is 3.42. The first-order valence-corrected chi connectivity index (χ1v) is 7.53. The summed E-state index contributed by atoms with van der Waals surface area (Å²) in [6.07, 6.45) is 1.63. The maximum absolute atomic E-state index is 12.2. The van der Waals surface area contributed by atoms with Crippen molar-refractivity contribution in [3.8, 4) is 11.5 Å². The van der Waals surface area contributed by atoms with E-state index in [4.69, 9.17) is 9.47 Å². The van der Waals surface area contributed by atoms with Crippen molar-refractivity contribution in [1.82, 2.24) is 5.32 Å². The van der Waals surface area contributed by atoms with E-state index < -0.39 is 0 Å². The summed E-state index contributed by atoms with van der Waals surface area (Å²) < 4.78 is 10.9. The molecule has 0 aliphatic carbocycles. The second-order valence-electron chi connectivity index (χ2n) is 4.67. The topological polar surface area (TPSA) is 59.9 Å². The van der Waals surface area contributed by atoms with E-state index in [0.29, 0.717) is 30.3 Å². The van der Waals surface area contributed by atoms with Crippen molar-refractivity contribution in [3.63, 3.8) is 0 Å². The molecule has 0 heterocycles. The summed E-state index contributed by atoms with van der Waals surface area (Å²) in [6, 6.07) is 5.06. The molecule has 0 saturated carbocycles. The first-order chi connectivity index (χ1) is 10.5. The summed E-state index contributed by atoms with van der Waals surface area (Å²) in [5.41, 5.74) is 1.44. The highest BCUT2D eigenvalue weighted by Crippen LogP contribution is 2.23. The zero-order chi connectivity index (χ0) is 16.5. The van der Waals surface area contributed by atoms with Crippen LogP contribution in [0.15, 0.2) is 35.0 Å². The molecule has 0 aliphatic heterocycles. The Kier molecular flexibility index (Phi) is 7.52. The molecule has 0 radical (unpaired) electrons. The number of amidine groups is 1. The van der Waals surface area contributed by atoms with Gasteiger partial charge in [0.2, 0.25) is 0 Å². The molecule has 0 atom stereocenters. The number of hydrogen-bond acceptors (Lipinski definition) is 4. The number of amides is 1. The van der Waals surface area contributed by atoms with Gasteiger partial charge in [0.15, 0.2) is 5.17 Å². The largest absolute Gasteiger partial charge is 0.494 e. The quantitative estimate of drug-likeness (QED) is 0.479. The SMILES string of the molecule is CCOc1cc(OCC)cc(C(=O)N/C(S)=N/C=C(C)C)c1. The third kappa shape index (κ3) is 6.22. The summed E-state index contributed by atoms with van der Waals surface area (Å²) in [7, 11) is 0. The molecule has 1 N–H and O–H groups in total. The lowest BCUT2D eigenvalue weighted by Gasteiger charge is -2.10. The maximum atomic E-state index is 12.2. The van der Waals surface area contributed by atoms with Crippen molar-refractivity contribution in [2.24, 2.45) is 4.99 Å². The molecule has 1 rings (SSSR count). The fourth-order valence-electron chi connectivity index (χ4n) is 1.60. The normalized spacial score (nSPS) is 10.9. The molecule has 1 aromatic carbocycles. The summed E-state index contributed by atoms with van der Waals surface area (Å²) in [6.45, 7) is 8.60. The molecule has 0 fully saturated rings. The minimum Gasteiger partial charge on any atom is -0.494 e. The molecular formula is C16H22N2O3S. The first kappa shape index (κ1) is 18.1. The Hall–Kier alpha value is -1.95. The predicted molar refractivity (Wildman–Crippen MR) is 92.1 cm³/mol. The van der Waals surface area contributed by atoms with Crippen LogP contribution in [0.2, 0.25) is 0 Å². The Labute approximate surface area is 136 Å². The van der Waals surface area contributed by atoms with Crippen molar-refractivity contribution < 1.29 is 14.3 Å². The fraction of sp³-hybridized carbons (Fsp3) is 0.375. The summed E-state index contributed by atoms with van der Waals surface area (Å²) in [5.74, 6) is 0.847. The molecule has 0 aromatic heterocycles. The van der Waals surface area contributed by atoms with Crippen molar-refractivity contribution in [1.29, 1.82) is 0 Å². The molecular weight excluding hydrogens is 300 g/mol. The minimum atomic E-state index is -0.321. The lowest BCUT2D eigenvalue weighted by Crippen LogP contribution is -2.26. The van der Waals surface area contributed by atoms with Crippen LogP contribution in [-0.4, -0.2) is 24.3 Å². The Morgan fingerprint density at radius 1 is 1.18 bits per heavy atom. The standard InChI is InChI=1S/C16H22N2O3S/c1-5-20-13-7-12(8-14(9-13)21-6-2)15(19)18-16(22)17-10-11(3)4/h7-10H,5-6H2,1-4H3,(H2,17,18,19,22). The van der Waals surface area contributed by atoms with Crippen molar-refractivity contribution in [3.05, 3.63) is 35.5 Å². The number of allylic oxidation sites excluding steroid dienone is 1. The van der Waals surface area contributed by atoms with E-state index in [0.717, 1.165) is 5.57 Å². The molecule has 0 spiro atoms. The maximum Gasteiger partial charge on any atom is 0.257 e. The van der Waals surface area contributed by atoms with E-state index in [2.05, 4.69) is 22.9 Å². The van der Waals surface area contributed by atoms with Gasteiger partial charge in [0.05, 0.1) is 13.2 Å². The van der Waals surface area contributed by atoms with E-state index in [1.165, 1.54) is 0 Å². The molecule has 5 nitrogen and oxygen atoms in total. The molecule has 0 bridgehead atoms. The van der Waals surface area contributed by atoms with Gasteiger partial charge >= 0.3 is 0 Å². The number of ether oxygens (including phenoxy) is 2. The van der Waals surface area contributed by atoms with Crippen LogP contribution < -0.4 is 14.8 Å². The monoisotopic (exact) mass is 322 g/mol. The van der Waals surface area contributed by atoms with Crippen LogP contribution in [0, 0.1) is 0 Å². The smallest absolute Gasteiger partial charge is 0.257 e. The van der Waals surface area contributed by atoms with E-state index in [-0.39, 0.29) is 11.1 Å². The average Bonchev–Trinajstić information content (AvgIpc) is 2.45. The molecule has 120 valence electrons. The van der Waals surface area contributed by atoms with Crippen LogP contribution in [0.1, 0.15) is 38.1 Å². The van der Waals surface area contributed by atoms with E-state index in [1.807, 2.05) is 27.7 Å². The van der Waals surface area contributed by atoms with E-state index >= 15 is 0 Å². The fourth-order valence-corrected chi connectivity index (χ4v) is 1.76. The number of aliphatic imine (C=N–C) groups is 1. The highest BCUT2D eigenvalue weighted by Gasteiger charge is 2.11. The number of thiol groups is 1. The molecule has 22 heavy (non-hydrogen) atoms. The van der Waals surface area contributed by atoms with Gasteiger partial charge in [-0.05, 0) is 39.8 Å². The number of carbonyl (C=O) groups excluding carboxylic acids is 1. The van der Waals surface area contributed by atoms with Crippen molar-refractivity contribution >= 4 is 23.7 Å². The van der Waals surface area contributed by atoms with Gasteiger partial charge in [-0.1, -0.05) is 5.57 Å². The Balaban J connectivity index is 2.96. The van der Waals surface area contributed by atoms with Gasteiger partial charge < -0.3 is 14.8 Å². The number of carbonyl (C=O) groups is 1. The number of nitrogens with one attached hydrogen (secondary N) is 1. The summed E-state index contributed by atoms with van der Waals surface area (Å²) in [4.78, 5) is 16.3. The zero-order valence-corrected chi connectivity index (χ0v) is 14.2. The highest BCUT2D eigenvalue weighted by atomic mass is 32.1. The number of nitrogens with zero attached hydrogens (tertiary/aromatic N) is 1.